The van der Waals surface area contributed by atoms with E-state index in [0.29, 0.717) is 18.0 Å². The number of hydrogen-bond donors (Lipinski definition) is 2. The van der Waals surface area contributed by atoms with Crippen LogP contribution in [-0.4, -0.2) is 21.1 Å². The molecule has 1 aromatic heterocycles. The van der Waals surface area contributed by atoms with Gasteiger partial charge in [-0.25, -0.2) is 9.37 Å². The molecule has 9 heteroatoms. The number of aromatic amines is 1. The van der Waals surface area contributed by atoms with E-state index in [-0.39, 0.29) is 5.56 Å². The maximum absolute atomic E-state index is 13.1. The standard InChI is InChI=1S/C12H10F4N4O/c1-6(10-17-5-18-20-10)19-11(21)7-2-3-9(13)8(4-7)12(14,15)16/h2-6H,1H3,(H,19,21)(H,17,18,20). The summed E-state index contributed by atoms with van der Waals surface area (Å²) in [5, 5.41) is 8.55. The summed E-state index contributed by atoms with van der Waals surface area (Å²) in [7, 11) is 0. The van der Waals surface area contributed by atoms with Crippen LogP contribution in [0, 0.1) is 5.82 Å². The van der Waals surface area contributed by atoms with E-state index in [1.165, 1.54) is 6.33 Å². The highest BCUT2D eigenvalue weighted by Crippen LogP contribution is 2.31. The summed E-state index contributed by atoms with van der Waals surface area (Å²) in [6.45, 7) is 1.58. The summed E-state index contributed by atoms with van der Waals surface area (Å²) < 4.78 is 50.9. The van der Waals surface area contributed by atoms with Gasteiger partial charge in [-0.15, -0.1) is 0 Å². The SMILES string of the molecule is CC(NC(=O)c1ccc(F)c(C(F)(F)F)c1)c1ncn[nH]1. The number of aromatic nitrogens is 3. The number of halogens is 4. The van der Waals surface area contributed by atoms with Gasteiger partial charge in [0.05, 0.1) is 11.6 Å². The second-order valence-corrected chi connectivity index (χ2v) is 4.26. The minimum absolute atomic E-state index is 0.296. The Morgan fingerprint density at radius 3 is 2.67 bits per heavy atom. The fourth-order valence-corrected chi connectivity index (χ4v) is 1.66. The Morgan fingerprint density at radius 1 is 1.38 bits per heavy atom. The molecule has 0 spiro atoms. The highest BCUT2D eigenvalue weighted by atomic mass is 19.4. The Morgan fingerprint density at radius 2 is 2.10 bits per heavy atom. The van der Waals surface area contributed by atoms with Crippen molar-refractivity contribution in [1.82, 2.24) is 20.5 Å². The van der Waals surface area contributed by atoms with Crippen molar-refractivity contribution in [2.45, 2.75) is 19.1 Å². The van der Waals surface area contributed by atoms with Crippen molar-refractivity contribution in [2.75, 3.05) is 0 Å². The van der Waals surface area contributed by atoms with E-state index in [1.54, 1.807) is 6.92 Å². The molecular formula is C12H10F4N4O. The Hall–Kier alpha value is -2.45. The minimum Gasteiger partial charge on any atom is -0.342 e. The van der Waals surface area contributed by atoms with E-state index >= 15 is 0 Å². The molecule has 2 aromatic rings. The lowest BCUT2D eigenvalue weighted by Gasteiger charge is -2.13. The molecule has 0 aliphatic carbocycles. The molecule has 2 N–H and O–H groups in total. The van der Waals surface area contributed by atoms with Crippen molar-refractivity contribution in [2.24, 2.45) is 0 Å². The van der Waals surface area contributed by atoms with Crippen molar-refractivity contribution < 1.29 is 22.4 Å². The second-order valence-electron chi connectivity index (χ2n) is 4.26. The maximum atomic E-state index is 13.1. The summed E-state index contributed by atoms with van der Waals surface area (Å²) in [6.07, 6.45) is -3.63. The molecule has 0 fully saturated rings. The molecule has 0 bridgehead atoms. The summed E-state index contributed by atoms with van der Waals surface area (Å²) in [4.78, 5) is 15.7. The molecule has 1 atom stereocenters. The van der Waals surface area contributed by atoms with E-state index in [9.17, 15) is 22.4 Å². The number of H-pyrrole nitrogens is 1. The van der Waals surface area contributed by atoms with Crippen LogP contribution >= 0.6 is 0 Å². The van der Waals surface area contributed by atoms with Gasteiger partial charge in [0, 0.05) is 5.56 Å². The first-order valence-corrected chi connectivity index (χ1v) is 5.82. The molecule has 0 aliphatic heterocycles. The van der Waals surface area contributed by atoms with Crippen molar-refractivity contribution in [3.8, 4) is 0 Å². The van der Waals surface area contributed by atoms with Gasteiger partial charge in [0.2, 0.25) is 0 Å². The van der Waals surface area contributed by atoms with Crippen molar-refractivity contribution in [3.63, 3.8) is 0 Å². The van der Waals surface area contributed by atoms with Crippen molar-refractivity contribution in [1.29, 1.82) is 0 Å². The molecule has 1 heterocycles. The van der Waals surface area contributed by atoms with Crippen LogP contribution in [0.2, 0.25) is 0 Å². The molecule has 1 aromatic carbocycles. The Bertz CT molecular complexity index is 639. The van der Waals surface area contributed by atoms with Crippen LogP contribution in [0.5, 0.6) is 0 Å². The van der Waals surface area contributed by atoms with E-state index in [4.69, 9.17) is 0 Å². The lowest BCUT2D eigenvalue weighted by Crippen LogP contribution is -2.27. The third kappa shape index (κ3) is 3.36. The third-order valence-electron chi connectivity index (χ3n) is 2.73. The fraction of sp³-hybridized carbons (Fsp3) is 0.250. The molecule has 1 amide bonds. The largest absolute Gasteiger partial charge is 0.419 e. The fourth-order valence-electron chi connectivity index (χ4n) is 1.66. The molecule has 112 valence electrons. The average molecular weight is 302 g/mol. The Balaban J connectivity index is 2.20. The zero-order valence-electron chi connectivity index (χ0n) is 10.7. The van der Waals surface area contributed by atoms with Crippen LogP contribution < -0.4 is 5.32 Å². The summed E-state index contributed by atoms with van der Waals surface area (Å²) in [6, 6.07) is 1.47. The van der Waals surface area contributed by atoms with Crippen molar-refractivity contribution >= 4 is 5.91 Å². The lowest BCUT2D eigenvalue weighted by molar-refractivity contribution is -0.140. The first-order valence-electron chi connectivity index (χ1n) is 5.82. The van der Waals surface area contributed by atoms with Crippen LogP contribution in [0.15, 0.2) is 24.5 Å². The molecule has 0 saturated carbocycles. The normalized spacial score (nSPS) is 13.0. The second kappa shape index (κ2) is 5.51. The van der Waals surface area contributed by atoms with Gasteiger partial charge in [-0.05, 0) is 25.1 Å². The summed E-state index contributed by atoms with van der Waals surface area (Å²) >= 11 is 0. The number of carbonyl (C=O) groups is 1. The number of nitrogens with one attached hydrogen (secondary N) is 2. The number of amides is 1. The zero-order valence-corrected chi connectivity index (χ0v) is 10.7. The predicted molar refractivity (Wildman–Crippen MR) is 63.7 cm³/mol. The van der Waals surface area contributed by atoms with Crippen LogP contribution in [0.25, 0.3) is 0 Å². The van der Waals surface area contributed by atoms with Gasteiger partial charge in [0.15, 0.2) is 0 Å². The van der Waals surface area contributed by atoms with Gasteiger partial charge in [-0.2, -0.15) is 18.3 Å². The molecule has 1 unspecified atom stereocenters. The number of rotatable bonds is 3. The third-order valence-corrected chi connectivity index (χ3v) is 2.73. The van der Waals surface area contributed by atoms with E-state index in [0.717, 1.165) is 6.07 Å². The Kier molecular flexibility index (Phi) is 3.92. The number of nitrogens with zero attached hydrogens (tertiary/aromatic N) is 2. The van der Waals surface area contributed by atoms with Crippen LogP contribution in [0.1, 0.15) is 34.7 Å². The molecule has 0 radical (unpaired) electrons. The molecule has 5 nitrogen and oxygen atoms in total. The van der Waals surface area contributed by atoms with Crippen LogP contribution in [0.4, 0.5) is 17.6 Å². The Labute approximate surface area is 116 Å². The first kappa shape index (κ1) is 14.9. The highest BCUT2D eigenvalue weighted by Gasteiger charge is 2.34. The molecular weight excluding hydrogens is 292 g/mol. The monoisotopic (exact) mass is 302 g/mol. The predicted octanol–water partition coefficient (Wildman–Crippen LogP) is 2.45. The number of benzene rings is 1. The topological polar surface area (TPSA) is 70.7 Å². The van der Waals surface area contributed by atoms with Gasteiger partial charge in [-0.3, -0.25) is 9.89 Å². The number of hydrogen-bond acceptors (Lipinski definition) is 3. The maximum Gasteiger partial charge on any atom is 0.419 e. The van der Waals surface area contributed by atoms with Gasteiger partial charge in [-0.1, -0.05) is 0 Å². The van der Waals surface area contributed by atoms with Gasteiger partial charge >= 0.3 is 6.18 Å². The summed E-state index contributed by atoms with van der Waals surface area (Å²) in [5.41, 5.74) is -1.78. The first-order chi connectivity index (χ1) is 9.79. The molecule has 0 saturated heterocycles. The van der Waals surface area contributed by atoms with Gasteiger partial charge < -0.3 is 5.32 Å². The molecule has 2 rings (SSSR count). The van der Waals surface area contributed by atoms with Crippen LogP contribution in [0.3, 0.4) is 0 Å². The highest BCUT2D eigenvalue weighted by molar-refractivity contribution is 5.94. The number of carbonyl (C=O) groups excluding carboxylic acids is 1. The van der Waals surface area contributed by atoms with E-state index in [1.807, 2.05) is 0 Å². The molecule has 21 heavy (non-hydrogen) atoms. The smallest absolute Gasteiger partial charge is 0.342 e. The summed E-state index contributed by atoms with van der Waals surface area (Å²) in [5.74, 6) is -1.85. The van der Waals surface area contributed by atoms with Gasteiger partial charge in [0.1, 0.15) is 18.0 Å². The molecule has 0 aliphatic rings. The van der Waals surface area contributed by atoms with E-state index in [2.05, 4.69) is 20.5 Å². The number of alkyl halides is 3. The zero-order chi connectivity index (χ0) is 15.6. The van der Waals surface area contributed by atoms with Crippen LogP contribution in [-0.2, 0) is 6.18 Å². The minimum atomic E-state index is -4.86. The average Bonchev–Trinajstić information content (AvgIpc) is 2.91. The quantitative estimate of drug-likeness (QED) is 0.856. The van der Waals surface area contributed by atoms with Gasteiger partial charge in [0.25, 0.3) is 5.91 Å². The lowest BCUT2D eigenvalue weighted by atomic mass is 10.1. The van der Waals surface area contributed by atoms with Crippen molar-refractivity contribution in [3.05, 3.63) is 47.3 Å². The van der Waals surface area contributed by atoms with E-state index < -0.39 is 29.5 Å².